The van der Waals surface area contributed by atoms with Crippen LogP contribution in [0.2, 0.25) is 0 Å². The standard InChI is InChI=1S/C14H9N3O/c18-14-11-8-3-1-2-4-9(8)12-13(17-7-16-12)10(11)5-6-15-14/h1-6H,7H2,(H,15,18). The molecule has 4 rings (SSSR count). The van der Waals surface area contributed by atoms with Gasteiger partial charge in [-0.05, 0) is 11.5 Å². The van der Waals surface area contributed by atoms with E-state index in [9.17, 15) is 4.79 Å². The van der Waals surface area contributed by atoms with Crippen LogP contribution in [0.25, 0.3) is 21.5 Å². The molecule has 0 spiro atoms. The quantitative estimate of drug-likeness (QED) is 0.578. The lowest BCUT2D eigenvalue weighted by Gasteiger charge is -2.02. The van der Waals surface area contributed by atoms with Gasteiger partial charge < -0.3 is 4.98 Å². The average molecular weight is 235 g/mol. The van der Waals surface area contributed by atoms with Gasteiger partial charge in [0, 0.05) is 17.0 Å². The van der Waals surface area contributed by atoms with Crippen LogP contribution in [-0.4, -0.2) is 11.7 Å². The summed E-state index contributed by atoms with van der Waals surface area (Å²) in [6.45, 7) is 0.450. The van der Waals surface area contributed by atoms with Gasteiger partial charge in [0.15, 0.2) is 0 Å². The molecule has 4 heteroatoms. The van der Waals surface area contributed by atoms with Crippen LogP contribution in [0.4, 0.5) is 0 Å². The van der Waals surface area contributed by atoms with E-state index in [4.69, 9.17) is 0 Å². The zero-order chi connectivity index (χ0) is 12.1. The molecule has 18 heavy (non-hydrogen) atoms. The van der Waals surface area contributed by atoms with E-state index in [1.807, 2.05) is 30.3 Å². The van der Waals surface area contributed by atoms with Crippen molar-refractivity contribution in [2.24, 2.45) is 9.98 Å². The summed E-state index contributed by atoms with van der Waals surface area (Å²) in [7, 11) is 0. The number of nitrogens with zero attached hydrogens (tertiary/aromatic N) is 2. The highest BCUT2D eigenvalue weighted by molar-refractivity contribution is 6.06. The normalized spacial score (nSPS) is 13.3. The summed E-state index contributed by atoms with van der Waals surface area (Å²) in [5.74, 6) is 0. The SMILES string of the molecule is O=c1[nH]ccc2c3c(c4ccccc4c12)=NCN=3. The van der Waals surface area contributed by atoms with E-state index in [0.717, 1.165) is 26.9 Å². The zero-order valence-electron chi connectivity index (χ0n) is 9.47. The summed E-state index contributed by atoms with van der Waals surface area (Å²) in [4.78, 5) is 23.6. The van der Waals surface area contributed by atoms with Gasteiger partial charge in [0.1, 0.15) is 6.67 Å². The van der Waals surface area contributed by atoms with Crippen LogP contribution in [0, 0.1) is 0 Å². The Labute approximate surface area is 101 Å². The van der Waals surface area contributed by atoms with Crippen LogP contribution >= 0.6 is 0 Å². The van der Waals surface area contributed by atoms with Gasteiger partial charge in [-0.3, -0.25) is 14.8 Å². The van der Waals surface area contributed by atoms with Crippen molar-refractivity contribution in [2.75, 3.05) is 6.67 Å². The van der Waals surface area contributed by atoms with Gasteiger partial charge in [-0.1, -0.05) is 24.3 Å². The lowest BCUT2D eigenvalue weighted by molar-refractivity contribution is 1.06. The molecule has 1 N–H and O–H groups in total. The largest absolute Gasteiger partial charge is 0.329 e. The highest BCUT2D eigenvalue weighted by atomic mass is 16.1. The fourth-order valence-corrected chi connectivity index (χ4v) is 2.60. The fourth-order valence-electron chi connectivity index (χ4n) is 2.60. The molecule has 86 valence electrons. The molecule has 0 fully saturated rings. The van der Waals surface area contributed by atoms with Gasteiger partial charge in [-0.2, -0.15) is 0 Å². The van der Waals surface area contributed by atoms with Crippen molar-refractivity contribution in [3.63, 3.8) is 0 Å². The van der Waals surface area contributed by atoms with Crippen LogP contribution in [-0.2, 0) is 0 Å². The molecule has 0 amide bonds. The molecule has 1 aliphatic heterocycles. The fraction of sp³-hybridized carbons (Fsp3) is 0.0714. The highest BCUT2D eigenvalue weighted by Gasteiger charge is 2.11. The number of hydrogen-bond donors (Lipinski definition) is 1. The maximum Gasteiger partial charge on any atom is 0.256 e. The summed E-state index contributed by atoms with van der Waals surface area (Å²) in [6.07, 6.45) is 1.66. The molecule has 2 aromatic carbocycles. The van der Waals surface area contributed by atoms with Gasteiger partial charge in [0.25, 0.3) is 5.56 Å². The van der Waals surface area contributed by atoms with Crippen molar-refractivity contribution in [3.8, 4) is 0 Å². The lowest BCUT2D eigenvalue weighted by Crippen LogP contribution is -2.26. The molecule has 0 saturated carbocycles. The summed E-state index contributed by atoms with van der Waals surface area (Å²) < 4.78 is 0. The number of nitrogens with one attached hydrogen (secondary N) is 1. The summed E-state index contributed by atoms with van der Waals surface area (Å²) in [5.41, 5.74) is -0.0754. The molecular weight excluding hydrogens is 226 g/mol. The smallest absolute Gasteiger partial charge is 0.256 e. The maximum absolute atomic E-state index is 12.1. The van der Waals surface area contributed by atoms with Crippen LogP contribution < -0.4 is 16.3 Å². The second-order valence-electron chi connectivity index (χ2n) is 4.30. The number of rotatable bonds is 0. The Morgan fingerprint density at radius 2 is 1.67 bits per heavy atom. The van der Waals surface area contributed by atoms with Gasteiger partial charge in [0.05, 0.1) is 16.1 Å². The number of aromatic nitrogens is 1. The molecule has 0 atom stereocenters. The zero-order valence-corrected chi connectivity index (χ0v) is 9.47. The van der Waals surface area contributed by atoms with Crippen molar-refractivity contribution in [3.05, 3.63) is 57.6 Å². The minimum absolute atomic E-state index is 0.0754. The molecule has 0 aliphatic carbocycles. The van der Waals surface area contributed by atoms with E-state index < -0.39 is 0 Å². The number of hydrogen-bond acceptors (Lipinski definition) is 3. The van der Waals surface area contributed by atoms with E-state index >= 15 is 0 Å². The third-order valence-corrected chi connectivity index (χ3v) is 3.35. The van der Waals surface area contributed by atoms with Crippen LogP contribution in [0.3, 0.4) is 0 Å². The molecule has 4 nitrogen and oxygen atoms in total. The monoisotopic (exact) mass is 235 g/mol. The Hall–Kier alpha value is -2.49. The third-order valence-electron chi connectivity index (χ3n) is 3.35. The number of benzene rings is 2. The van der Waals surface area contributed by atoms with E-state index in [-0.39, 0.29) is 5.56 Å². The summed E-state index contributed by atoms with van der Waals surface area (Å²) >= 11 is 0. The Morgan fingerprint density at radius 1 is 0.944 bits per heavy atom. The first-order valence-electron chi connectivity index (χ1n) is 5.77. The Morgan fingerprint density at radius 3 is 2.50 bits per heavy atom. The maximum atomic E-state index is 12.1. The molecule has 1 aliphatic rings. The van der Waals surface area contributed by atoms with Gasteiger partial charge >= 0.3 is 0 Å². The van der Waals surface area contributed by atoms with Crippen LogP contribution in [0.1, 0.15) is 0 Å². The minimum Gasteiger partial charge on any atom is -0.329 e. The molecule has 2 heterocycles. The van der Waals surface area contributed by atoms with E-state index in [1.54, 1.807) is 6.20 Å². The first-order chi connectivity index (χ1) is 8.86. The number of aromatic amines is 1. The predicted octanol–water partition coefficient (Wildman–Crippen LogP) is 0.892. The summed E-state index contributed by atoms with van der Waals surface area (Å²) in [6, 6.07) is 9.74. The minimum atomic E-state index is -0.0754. The van der Waals surface area contributed by atoms with Crippen molar-refractivity contribution in [1.29, 1.82) is 0 Å². The predicted molar refractivity (Wildman–Crippen MR) is 69.3 cm³/mol. The van der Waals surface area contributed by atoms with Gasteiger partial charge in [0.2, 0.25) is 0 Å². The van der Waals surface area contributed by atoms with Crippen molar-refractivity contribution < 1.29 is 0 Å². The molecule has 1 aromatic heterocycles. The number of fused-ring (bicyclic) bond motifs is 6. The Balaban J connectivity index is 2.55. The van der Waals surface area contributed by atoms with Crippen LogP contribution in [0.5, 0.6) is 0 Å². The Kier molecular flexibility index (Phi) is 1.73. The van der Waals surface area contributed by atoms with E-state index in [2.05, 4.69) is 15.0 Å². The topological polar surface area (TPSA) is 57.6 Å². The van der Waals surface area contributed by atoms with E-state index in [1.165, 1.54) is 0 Å². The second-order valence-corrected chi connectivity index (χ2v) is 4.30. The van der Waals surface area contributed by atoms with Gasteiger partial charge in [-0.25, -0.2) is 0 Å². The first kappa shape index (κ1) is 9.53. The molecule has 0 bridgehead atoms. The Bertz CT molecular complexity index is 970. The van der Waals surface area contributed by atoms with Crippen molar-refractivity contribution >= 4 is 21.5 Å². The third kappa shape index (κ3) is 1.07. The molecular formula is C14H9N3O. The molecule has 0 saturated heterocycles. The first-order valence-corrected chi connectivity index (χ1v) is 5.77. The van der Waals surface area contributed by atoms with Crippen LogP contribution in [0.15, 0.2) is 51.3 Å². The number of pyridine rings is 1. The van der Waals surface area contributed by atoms with E-state index in [0.29, 0.717) is 12.1 Å². The van der Waals surface area contributed by atoms with Crippen molar-refractivity contribution in [2.45, 2.75) is 0 Å². The highest BCUT2D eigenvalue weighted by Crippen LogP contribution is 2.16. The van der Waals surface area contributed by atoms with Crippen molar-refractivity contribution in [1.82, 2.24) is 4.98 Å². The number of H-pyrrole nitrogens is 1. The average Bonchev–Trinajstić information content (AvgIpc) is 2.88. The molecule has 0 unspecified atom stereocenters. The lowest BCUT2D eigenvalue weighted by atomic mass is 10.0. The van der Waals surface area contributed by atoms with Gasteiger partial charge in [-0.15, -0.1) is 0 Å². The second kappa shape index (κ2) is 3.26. The summed E-state index contributed by atoms with van der Waals surface area (Å²) in [5, 5.41) is 5.27. The molecule has 0 radical (unpaired) electrons. The molecule has 3 aromatic rings.